The lowest BCUT2D eigenvalue weighted by Gasteiger charge is -2.14. The number of ether oxygens (including phenoxy) is 1. The minimum absolute atomic E-state index is 0.00505. The van der Waals surface area contributed by atoms with E-state index in [0.29, 0.717) is 0 Å². The second-order valence-corrected chi connectivity index (χ2v) is 7.56. The number of amides is 1. The molecule has 1 amide bonds. The molecule has 0 aliphatic rings. The molecule has 1 atom stereocenters. The monoisotopic (exact) mass is 414 g/mol. The third-order valence-corrected chi connectivity index (χ3v) is 5.06. The topological polar surface area (TPSA) is 102 Å². The van der Waals surface area contributed by atoms with E-state index in [1.165, 1.54) is 25.1 Å². The molecular formula is C17H16ClFN2O5S. The minimum Gasteiger partial charge on any atom is -0.452 e. The van der Waals surface area contributed by atoms with Crippen molar-refractivity contribution in [3.63, 3.8) is 0 Å². The lowest BCUT2D eigenvalue weighted by atomic mass is 10.3. The Bertz CT molecular complexity index is 938. The van der Waals surface area contributed by atoms with Crippen molar-refractivity contribution >= 4 is 39.2 Å². The fourth-order valence-electron chi connectivity index (χ4n) is 1.95. The van der Waals surface area contributed by atoms with Crippen LogP contribution in [0.1, 0.15) is 6.92 Å². The van der Waals surface area contributed by atoms with Gasteiger partial charge in [0.1, 0.15) is 12.4 Å². The van der Waals surface area contributed by atoms with Crippen molar-refractivity contribution in [2.24, 2.45) is 0 Å². The van der Waals surface area contributed by atoms with E-state index < -0.39 is 40.4 Å². The van der Waals surface area contributed by atoms with Gasteiger partial charge in [-0.3, -0.25) is 9.59 Å². The Kier molecular flexibility index (Phi) is 6.89. The van der Waals surface area contributed by atoms with E-state index in [-0.39, 0.29) is 15.6 Å². The molecule has 2 N–H and O–H groups in total. The first-order chi connectivity index (χ1) is 12.7. The molecule has 7 nitrogen and oxygen atoms in total. The second-order valence-electron chi connectivity index (χ2n) is 5.38. The van der Waals surface area contributed by atoms with Crippen LogP contribution in [-0.2, 0) is 24.3 Å². The van der Waals surface area contributed by atoms with E-state index in [1.54, 1.807) is 18.2 Å². The average Bonchev–Trinajstić information content (AvgIpc) is 2.63. The molecule has 2 aromatic rings. The van der Waals surface area contributed by atoms with Crippen molar-refractivity contribution < 1.29 is 27.1 Å². The highest BCUT2D eigenvalue weighted by atomic mass is 35.5. The van der Waals surface area contributed by atoms with Crippen LogP contribution in [0.25, 0.3) is 0 Å². The van der Waals surface area contributed by atoms with Gasteiger partial charge in [0.05, 0.1) is 15.6 Å². The van der Waals surface area contributed by atoms with Crippen LogP contribution < -0.4 is 10.0 Å². The van der Waals surface area contributed by atoms with Crippen LogP contribution in [0, 0.1) is 5.82 Å². The molecule has 0 spiro atoms. The smallest absolute Gasteiger partial charge is 0.321 e. The number of nitrogens with one attached hydrogen (secondary N) is 2. The zero-order valence-electron chi connectivity index (χ0n) is 14.1. The Morgan fingerprint density at radius 1 is 1.19 bits per heavy atom. The summed E-state index contributed by atoms with van der Waals surface area (Å²) in [6, 6.07) is 10.9. The van der Waals surface area contributed by atoms with Crippen LogP contribution >= 0.6 is 11.6 Å². The van der Waals surface area contributed by atoms with Crippen LogP contribution in [0.2, 0.25) is 5.02 Å². The molecule has 144 valence electrons. The third kappa shape index (κ3) is 6.02. The summed E-state index contributed by atoms with van der Waals surface area (Å²) < 4.78 is 44.0. The molecule has 0 aliphatic carbocycles. The standard InChI is InChI=1S/C17H16ClFN2O5S/c1-11(17(23)21-15-8-7-12(19)9-14(15)18)26-16(22)10-20-27(24,25)13-5-3-2-4-6-13/h2-9,11,20H,10H2,1H3,(H,21,23)/t11-/m0/s1. The zero-order valence-corrected chi connectivity index (χ0v) is 15.7. The molecule has 0 saturated carbocycles. The van der Waals surface area contributed by atoms with Crippen molar-refractivity contribution in [1.82, 2.24) is 4.72 Å². The fraction of sp³-hybridized carbons (Fsp3) is 0.176. The first-order valence-electron chi connectivity index (χ1n) is 7.69. The second kappa shape index (κ2) is 8.94. The molecule has 0 fully saturated rings. The van der Waals surface area contributed by atoms with E-state index in [2.05, 4.69) is 10.0 Å². The Balaban J connectivity index is 1.88. The molecule has 2 rings (SSSR count). The molecule has 10 heteroatoms. The summed E-state index contributed by atoms with van der Waals surface area (Å²) in [5.41, 5.74) is 0.149. The third-order valence-electron chi connectivity index (χ3n) is 3.33. The van der Waals surface area contributed by atoms with Crippen LogP contribution in [0.4, 0.5) is 10.1 Å². The van der Waals surface area contributed by atoms with Gasteiger partial charge in [-0.05, 0) is 37.3 Å². The Morgan fingerprint density at radius 3 is 2.48 bits per heavy atom. The minimum atomic E-state index is -3.87. The van der Waals surface area contributed by atoms with Gasteiger partial charge in [0, 0.05) is 0 Å². The van der Waals surface area contributed by atoms with Crippen LogP contribution in [0.5, 0.6) is 0 Å². The zero-order chi connectivity index (χ0) is 20.0. The SMILES string of the molecule is C[C@H](OC(=O)CNS(=O)(=O)c1ccccc1)C(=O)Nc1ccc(F)cc1Cl. The molecular weight excluding hydrogens is 399 g/mol. The lowest BCUT2D eigenvalue weighted by molar-refractivity contribution is -0.151. The number of hydrogen-bond acceptors (Lipinski definition) is 5. The molecule has 27 heavy (non-hydrogen) atoms. The molecule has 0 radical (unpaired) electrons. The largest absolute Gasteiger partial charge is 0.452 e. The molecule has 0 aromatic heterocycles. The van der Waals surface area contributed by atoms with Crippen molar-refractivity contribution in [3.8, 4) is 0 Å². The van der Waals surface area contributed by atoms with Crippen molar-refractivity contribution in [3.05, 3.63) is 59.4 Å². The van der Waals surface area contributed by atoms with Gasteiger partial charge in [-0.1, -0.05) is 29.8 Å². The molecule has 0 bridgehead atoms. The summed E-state index contributed by atoms with van der Waals surface area (Å²) in [7, 11) is -3.87. The molecule has 2 aromatic carbocycles. The summed E-state index contributed by atoms with van der Waals surface area (Å²) in [4.78, 5) is 23.8. The predicted molar refractivity (Wildman–Crippen MR) is 97.2 cm³/mol. The maximum absolute atomic E-state index is 13.0. The van der Waals surface area contributed by atoms with Crippen LogP contribution in [-0.4, -0.2) is 32.9 Å². The first kappa shape index (κ1) is 20.8. The van der Waals surface area contributed by atoms with E-state index in [0.717, 1.165) is 12.1 Å². The Labute approximate surface area is 160 Å². The van der Waals surface area contributed by atoms with Crippen molar-refractivity contribution in [2.45, 2.75) is 17.9 Å². The van der Waals surface area contributed by atoms with Gasteiger partial charge >= 0.3 is 5.97 Å². The van der Waals surface area contributed by atoms with Crippen molar-refractivity contribution in [2.75, 3.05) is 11.9 Å². The van der Waals surface area contributed by atoms with Crippen LogP contribution in [0.3, 0.4) is 0 Å². The fourth-order valence-corrected chi connectivity index (χ4v) is 3.16. The highest BCUT2D eigenvalue weighted by molar-refractivity contribution is 7.89. The number of anilines is 1. The van der Waals surface area contributed by atoms with Gasteiger partial charge in [-0.25, -0.2) is 12.8 Å². The molecule has 0 saturated heterocycles. The number of rotatable bonds is 7. The maximum atomic E-state index is 13.0. The van der Waals surface area contributed by atoms with Gasteiger partial charge in [-0.2, -0.15) is 4.72 Å². The van der Waals surface area contributed by atoms with E-state index in [1.807, 2.05) is 0 Å². The number of esters is 1. The summed E-state index contributed by atoms with van der Waals surface area (Å²) in [6.07, 6.45) is -1.22. The molecule has 0 unspecified atom stereocenters. The summed E-state index contributed by atoms with van der Waals surface area (Å²) in [5, 5.41) is 2.37. The maximum Gasteiger partial charge on any atom is 0.321 e. The number of hydrogen-bond donors (Lipinski definition) is 2. The molecule has 0 aliphatic heterocycles. The Hall–Kier alpha value is -2.49. The van der Waals surface area contributed by atoms with Gasteiger partial charge in [0.2, 0.25) is 10.0 Å². The van der Waals surface area contributed by atoms with Gasteiger partial charge < -0.3 is 10.1 Å². The average molecular weight is 415 g/mol. The van der Waals surface area contributed by atoms with Gasteiger partial charge in [0.15, 0.2) is 6.10 Å². The Morgan fingerprint density at radius 2 is 1.85 bits per heavy atom. The number of carbonyl (C=O) groups is 2. The van der Waals surface area contributed by atoms with Gasteiger partial charge in [0.25, 0.3) is 5.91 Å². The van der Waals surface area contributed by atoms with E-state index >= 15 is 0 Å². The quantitative estimate of drug-likeness (QED) is 0.677. The first-order valence-corrected chi connectivity index (χ1v) is 9.55. The highest BCUT2D eigenvalue weighted by Crippen LogP contribution is 2.22. The number of carbonyl (C=O) groups excluding carboxylic acids is 2. The summed E-state index contributed by atoms with van der Waals surface area (Å²) in [5.74, 6) is -2.21. The number of sulfonamides is 1. The number of benzene rings is 2. The summed E-state index contributed by atoms with van der Waals surface area (Å²) >= 11 is 5.80. The van der Waals surface area contributed by atoms with Gasteiger partial charge in [-0.15, -0.1) is 0 Å². The normalized spacial score (nSPS) is 12.3. The molecule has 0 heterocycles. The van der Waals surface area contributed by atoms with Crippen molar-refractivity contribution in [1.29, 1.82) is 0 Å². The van der Waals surface area contributed by atoms with E-state index in [9.17, 15) is 22.4 Å². The number of halogens is 2. The van der Waals surface area contributed by atoms with E-state index in [4.69, 9.17) is 16.3 Å². The van der Waals surface area contributed by atoms with Crippen LogP contribution in [0.15, 0.2) is 53.4 Å². The highest BCUT2D eigenvalue weighted by Gasteiger charge is 2.21. The lowest BCUT2D eigenvalue weighted by Crippen LogP contribution is -2.35. The summed E-state index contributed by atoms with van der Waals surface area (Å²) in [6.45, 7) is 0.655. The predicted octanol–water partition coefficient (Wildman–Crippen LogP) is 2.33.